The third kappa shape index (κ3) is 6.96. The number of sulfonamides is 1. The summed E-state index contributed by atoms with van der Waals surface area (Å²) in [4.78, 5) is 28.3. The molecule has 1 fully saturated rings. The smallest absolute Gasteiger partial charge is 0.264 e. The van der Waals surface area contributed by atoms with Crippen molar-refractivity contribution in [3.8, 4) is 0 Å². The van der Waals surface area contributed by atoms with Gasteiger partial charge in [-0.3, -0.25) is 13.9 Å². The Hall–Kier alpha value is -3.43. The number of nitrogens with one attached hydrogen (secondary N) is 1. The van der Waals surface area contributed by atoms with Crippen LogP contribution in [-0.2, 0) is 26.2 Å². The molecule has 1 saturated carbocycles. The van der Waals surface area contributed by atoms with E-state index in [4.69, 9.17) is 11.6 Å². The first-order chi connectivity index (χ1) is 18.7. The first kappa shape index (κ1) is 28.6. The van der Waals surface area contributed by atoms with Gasteiger partial charge in [0.15, 0.2) is 0 Å². The molecule has 206 valence electrons. The van der Waals surface area contributed by atoms with Crippen molar-refractivity contribution >= 4 is 39.1 Å². The van der Waals surface area contributed by atoms with Crippen molar-refractivity contribution in [2.75, 3.05) is 10.8 Å². The van der Waals surface area contributed by atoms with E-state index in [1.165, 1.54) is 47.4 Å². The second kappa shape index (κ2) is 12.6. The minimum Gasteiger partial charge on any atom is -0.352 e. The van der Waals surface area contributed by atoms with Gasteiger partial charge in [-0.05, 0) is 56.2 Å². The molecule has 1 aliphatic carbocycles. The van der Waals surface area contributed by atoms with E-state index in [1.54, 1.807) is 43.3 Å². The van der Waals surface area contributed by atoms with Crippen molar-refractivity contribution in [1.29, 1.82) is 0 Å². The Morgan fingerprint density at radius 1 is 1.00 bits per heavy atom. The highest BCUT2D eigenvalue weighted by Crippen LogP contribution is 2.27. The van der Waals surface area contributed by atoms with Crippen LogP contribution in [0.2, 0.25) is 5.02 Å². The van der Waals surface area contributed by atoms with Crippen molar-refractivity contribution in [1.82, 2.24) is 10.2 Å². The minimum atomic E-state index is -4.19. The lowest BCUT2D eigenvalue weighted by Gasteiger charge is -2.32. The van der Waals surface area contributed by atoms with E-state index in [1.807, 2.05) is 0 Å². The third-order valence-corrected chi connectivity index (χ3v) is 8.90. The molecule has 0 spiro atoms. The van der Waals surface area contributed by atoms with E-state index < -0.39 is 34.3 Å². The van der Waals surface area contributed by atoms with Crippen molar-refractivity contribution in [3.05, 3.63) is 95.3 Å². The lowest BCUT2D eigenvalue weighted by molar-refractivity contribution is -0.139. The maximum Gasteiger partial charge on any atom is 0.264 e. The Morgan fingerprint density at radius 3 is 2.33 bits per heavy atom. The molecule has 2 amide bonds. The van der Waals surface area contributed by atoms with Crippen LogP contribution in [0.1, 0.15) is 38.2 Å². The molecule has 1 aliphatic rings. The van der Waals surface area contributed by atoms with Crippen LogP contribution >= 0.6 is 11.6 Å². The summed E-state index contributed by atoms with van der Waals surface area (Å²) >= 11 is 6.17. The topological polar surface area (TPSA) is 86.8 Å². The number of amides is 2. The molecule has 10 heteroatoms. The minimum absolute atomic E-state index is 0.00884. The van der Waals surface area contributed by atoms with Gasteiger partial charge in [-0.15, -0.1) is 0 Å². The van der Waals surface area contributed by atoms with Crippen LogP contribution < -0.4 is 9.62 Å². The maximum absolute atomic E-state index is 14.6. The molecule has 39 heavy (non-hydrogen) atoms. The summed E-state index contributed by atoms with van der Waals surface area (Å²) in [5.41, 5.74) is 0.403. The van der Waals surface area contributed by atoms with E-state index in [0.717, 1.165) is 30.0 Å². The van der Waals surface area contributed by atoms with Gasteiger partial charge in [0.2, 0.25) is 11.8 Å². The number of anilines is 1. The normalized spacial score (nSPS) is 14.5. The molecular formula is C29H31ClFN3O4S. The van der Waals surface area contributed by atoms with Crippen LogP contribution in [0, 0.1) is 5.82 Å². The average Bonchev–Trinajstić information content (AvgIpc) is 3.44. The average molecular weight is 572 g/mol. The van der Waals surface area contributed by atoms with E-state index in [2.05, 4.69) is 5.32 Å². The largest absolute Gasteiger partial charge is 0.352 e. The first-order valence-corrected chi connectivity index (χ1v) is 14.6. The lowest BCUT2D eigenvalue weighted by Crippen LogP contribution is -2.52. The Kier molecular flexibility index (Phi) is 9.24. The van der Waals surface area contributed by atoms with E-state index >= 15 is 0 Å². The zero-order valence-electron chi connectivity index (χ0n) is 21.6. The van der Waals surface area contributed by atoms with Gasteiger partial charge in [-0.1, -0.05) is 66.9 Å². The monoisotopic (exact) mass is 571 g/mol. The highest BCUT2D eigenvalue weighted by molar-refractivity contribution is 7.92. The molecule has 3 aromatic carbocycles. The predicted octanol–water partition coefficient (Wildman–Crippen LogP) is 5.15. The summed E-state index contributed by atoms with van der Waals surface area (Å²) in [6.45, 7) is 0.741. The molecule has 0 saturated heterocycles. The van der Waals surface area contributed by atoms with Crippen molar-refractivity contribution in [2.45, 2.75) is 56.1 Å². The summed E-state index contributed by atoms with van der Waals surface area (Å²) in [6, 6.07) is 18.9. The molecule has 0 radical (unpaired) electrons. The van der Waals surface area contributed by atoms with Crippen molar-refractivity contribution in [3.63, 3.8) is 0 Å². The lowest BCUT2D eigenvalue weighted by atomic mass is 10.1. The van der Waals surface area contributed by atoms with E-state index in [9.17, 15) is 22.4 Å². The summed E-state index contributed by atoms with van der Waals surface area (Å²) in [5.74, 6) is -1.55. The highest BCUT2D eigenvalue weighted by atomic mass is 35.5. The van der Waals surface area contributed by atoms with Gasteiger partial charge >= 0.3 is 0 Å². The molecule has 1 N–H and O–H groups in total. The number of hydrogen-bond donors (Lipinski definition) is 1. The number of carbonyl (C=O) groups excluding carboxylic acids is 2. The number of nitrogens with zero attached hydrogens (tertiary/aromatic N) is 2. The van der Waals surface area contributed by atoms with Gasteiger partial charge in [0.1, 0.15) is 18.4 Å². The molecular weight excluding hydrogens is 541 g/mol. The molecule has 0 aliphatic heterocycles. The summed E-state index contributed by atoms with van der Waals surface area (Å²) < 4.78 is 43.0. The first-order valence-electron chi connectivity index (χ1n) is 12.8. The standard InChI is InChI=1S/C29H31ClFN3O4S/c1-21(29(36)32-24-12-6-7-13-24)33(19-22-10-5-8-17-27(22)31)28(35)20-34(25-14-9-11-23(30)18-25)39(37,38)26-15-3-2-4-16-26/h2-5,8-11,14-18,21,24H,6-7,12-13,19-20H2,1H3,(H,32,36). The van der Waals surface area contributed by atoms with Gasteiger partial charge < -0.3 is 10.2 Å². The number of hydrogen-bond acceptors (Lipinski definition) is 4. The number of rotatable bonds is 10. The van der Waals surface area contributed by atoms with E-state index in [-0.39, 0.29) is 34.6 Å². The second-order valence-corrected chi connectivity index (χ2v) is 11.9. The molecule has 1 unspecified atom stereocenters. The molecule has 7 nitrogen and oxygen atoms in total. The molecule has 0 aromatic heterocycles. The summed E-state index contributed by atoms with van der Waals surface area (Å²) in [6.07, 6.45) is 3.75. The summed E-state index contributed by atoms with van der Waals surface area (Å²) in [7, 11) is -4.19. The zero-order valence-corrected chi connectivity index (χ0v) is 23.2. The Bertz CT molecular complexity index is 1410. The van der Waals surface area contributed by atoms with Crippen LogP contribution in [-0.4, -0.2) is 43.8 Å². The molecule has 0 heterocycles. The Balaban J connectivity index is 1.69. The predicted molar refractivity (Wildman–Crippen MR) is 149 cm³/mol. The van der Waals surface area contributed by atoms with Crippen LogP contribution in [0.25, 0.3) is 0 Å². The van der Waals surface area contributed by atoms with Gasteiger partial charge in [0.25, 0.3) is 10.0 Å². The van der Waals surface area contributed by atoms with Crippen LogP contribution in [0.4, 0.5) is 10.1 Å². The number of halogens is 2. The fourth-order valence-corrected chi connectivity index (χ4v) is 6.28. The van der Waals surface area contributed by atoms with Crippen LogP contribution in [0.3, 0.4) is 0 Å². The summed E-state index contributed by atoms with van der Waals surface area (Å²) in [5, 5.41) is 3.28. The second-order valence-electron chi connectivity index (χ2n) is 9.58. The number of benzene rings is 3. The van der Waals surface area contributed by atoms with Crippen LogP contribution in [0.5, 0.6) is 0 Å². The molecule has 0 bridgehead atoms. The van der Waals surface area contributed by atoms with Gasteiger partial charge in [0, 0.05) is 23.2 Å². The zero-order chi connectivity index (χ0) is 28.0. The SMILES string of the molecule is CC(C(=O)NC1CCCC1)N(Cc1ccccc1F)C(=O)CN(c1cccc(Cl)c1)S(=O)(=O)c1ccccc1. The quantitative estimate of drug-likeness (QED) is 0.365. The molecule has 1 atom stereocenters. The van der Waals surface area contributed by atoms with E-state index in [0.29, 0.717) is 5.02 Å². The Morgan fingerprint density at radius 2 is 1.67 bits per heavy atom. The van der Waals surface area contributed by atoms with Gasteiger partial charge in [-0.2, -0.15) is 0 Å². The van der Waals surface area contributed by atoms with Crippen LogP contribution in [0.15, 0.2) is 83.8 Å². The Labute approximate surface area is 233 Å². The fourth-order valence-electron chi connectivity index (χ4n) is 4.66. The maximum atomic E-state index is 14.6. The van der Waals surface area contributed by atoms with Gasteiger partial charge in [-0.25, -0.2) is 12.8 Å². The van der Waals surface area contributed by atoms with Crippen molar-refractivity contribution in [2.24, 2.45) is 0 Å². The van der Waals surface area contributed by atoms with Gasteiger partial charge in [0.05, 0.1) is 10.6 Å². The number of carbonyl (C=O) groups is 2. The molecule has 3 aromatic rings. The molecule has 4 rings (SSSR count). The fraction of sp³-hybridized carbons (Fsp3) is 0.310. The van der Waals surface area contributed by atoms with Crippen molar-refractivity contribution < 1.29 is 22.4 Å². The third-order valence-electron chi connectivity index (χ3n) is 6.87. The highest BCUT2D eigenvalue weighted by Gasteiger charge is 2.33.